The lowest BCUT2D eigenvalue weighted by Crippen LogP contribution is -2.20. The number of hydrogen-bond acceptors (Lipinski definition) is 2. The molecule has 1 aromatic rings. The number of likely N-dealkylation sites (tertiary alicyclic amines) is 1. The van der Waals surface area contributed by atoms with Crippen molar-refractivity contribution in [2.45, 2.75) is 33.7 Å². The minimum absolute atomic E-state index is 0.847. The fourth-order valence-electron chi connectivity index (χ4n) is 2.86. The molecule has 2 unspecified atom stereocenters. The van der Waals surface area contributed by atoms with Crippen LogP contribution in [0.15, 0.2) is 24.3 Å². The van der Waals surface area contributed by atoms with Gasteiger partial charge in [-0.3, -0.25) is 4.90 Å². The van der Waals surface area contributed by atoms with Crippen molar-refractivity contribution in [2.24, 2.45) is 11.8 Å². The average molecular weight is 260 g/mol. The third kappa shape index (κ3) is 4.32. The van der Waals surface area contributed by atoms with Gasteiger partial charge in [-0.25, -0.2) is 0 Å². The maximum Gasteiger partial charge on any atom is 0.0233 e. The highest BCUT2D eigenvalue weighted by Crippen LogP contribution is 2.23. The van der Waals surface area contributed by atoms with Crippen molar-refractivity contribution >= 4 is 0 Å². The fraction of sp³-hybridized carbons (Fsp3) is 0.647. The van der Waals surface area contributed by atoms with Crippen molar-refractivity contribution < 1.29 is 0 Å². The maximum absolute atomic E-state index is 3.37. The van der Waals surface area contributed by atoms with E-state index in [9.17, 15) is 0 Å². The molecule has 0 saturated carbocycles. The summed E-state index contributed by atoms with van der Waals surface area (Å²) < 4.78 is 0. The zero-order valence-electron chi connectivity index (χ0n) is 12.7. The molecule has 1 aliphatic rings. The fourth-order valence-corrected chi connectivity index (χ4v) is 2.86. The van der Waals surface area contributed by atoms with Gasteiger partial charge in [-0.05, 0) is 42.5 Å². The Bertz CT molecular complexity index is 361. The standard InChI is InChI=1S/C17H28N2/c1-4-18-10-9-16-5-7-17(8-6-16)13-19-11-14(2)15(3)12-19/h5-8,14-15,18H,4,9-13H2,1-3H3. The number of nitrogens with zero attached hydrogens (tertiary/aromatic N) is 1. The molecule has 1 N–H and O–H groups in total. The van der Waals surface area contributed by atoms with Crippen LogP contribution in [-0.2, 0) is 13.0 Å². The second-order valence-corrected chi connectivity index (χ2v) is 6.07. The summed E-state index contributed by atoms with van der Waals surface area (Å²) in [4.78, 5) is 2.59. The van der Waals surface area contributed by atoms with Gasteiger partial charge in [-0.1, -0.05) is 45.0 Å². The number of benzene rings is 1. The second-order valence-electron chi connectivity index (χ2n) is 6.07. The molecule has 1 saturated heterocycles. The third-order valence-corrected chi connectivity index (χ3v) is 4.33. The predicted molar refractivity (Wildman–Crippen MR) is 82.3 cm³/mol. The molecule has 0 aromatic heterocycles. The molecule has 19 heavy (non-hydrogen) atoms. The van der Waals surface area contributed by atoms with E-state index in [-0.39, 0.29) is 0 Å². The van der Waals surface area contributed by atoms with Crippen LogP contribution < -0.4 is 5.32 Å². The number of likely N-dealkylation sites (N-methyl/N-ethyl adjacent to an activating group) is 1. The topological polar surface area (TPSA) is 15.3 Å². The van der Waals surface area contributed by atoms with Gasteiger partial charge >= 0.3 is 0 Å². The van der Waals surface area contributed by atoms with Gasteiger partial charge in [0.1, 0.15) is 0 Å². The first-order valence-electron chi connectivity index (χ1n) is 7.70. The molecule has 1 fully saturated rings. The summed E-state index contributed by atoms with van der Waals surface area (Å²) in [6.07, 6.45) is 1.13. The first-order valence-corrected chi connectivity index (χ1v) is 7.70. The molecule has 0 bridgehead atoms. The van der Waals surface area contributed by atoms with E-state index in [1.807, 2.05) is 0 Å². The van der Waals surface area contributed by atoms with Crippen LogP contribution in [0.1, 0.15) is 31.9 Å². The summed E-state index contributed by atoms with van der Waals surface area (Å²) in [5, 5.41) is 3.37. The van der Waals surface area contributed by atoms with Gasteiger partial charge in [0, 0.05) is 19.6 Å². The van der Waals surface area contributed by atoms with Gasteiger partial charge < -0.3 is 5.32 Å². The molecule has 1 heterocycles. The van der Waals surface area contributed by atoms with Crippen molar-refractivity contribution in [1.29, 1.82) is 0 Å². The zero-order chi connectivity index (χ0) is 13.7. The van der Waals surface area contributed by atoms with Gasteiger partial charge in [-0.2, -0.15) is 0 Å². The zero-order valence-corrected chi connectivity index (χ0v) is 12.7. The van der Waals surface area contributed by atoms with Crippen molar-refractivity contribution in [1.82, 2.24) is 10.2 Å². The summed E-state index contributed by atoms with van der Waals surface area (Å²) in [5.74, 6) is 1.69. The van der Waals surface area contributed by atoms with Crippen LogP contribution in [0, 0.1) is 11.8 Å². The van der Waals surface area contributed by atoms with Crippen LogP contribution in [-0.4, -0.2) is 31.1 Å². The highest BCUT2D eigenvalue weighted by molar-refractivity contribution is 5.22. The second kappa shape index (κ2) is 7.06. The van der Waals surface area contributed by atoms with E-state index in [2.05, 4.69) is 55.3 Å². The Labute approximate surface area is 118 Å². The molecule has 0 amide bonds. The molecule has 1 aromatic carbocycles. The Kier molecular flexibility index (Phi) is 5.41. The van der Waals surface area contributed by atoms with E-state index in [1.54, 1.807) is 0 Å². The van der Waals surface area contributed by atoms with Crippen LogP contribution in [0.25, 0.3) is 0 Å². The molecule has 2 rings (SSSR count). The Hall–Kier alpha value is -0.860. The highest BCUT2D eigenvalue weighted by atomic mass is 15.1. The molecule has 2 atom stereocenters. The summed E-state index contributed by atoms with van der Waals surface area (Å²) in [7, 11) is 0. The minimum atomic E-state index is 0.847. The molecule has 0 aliphatic carbocycles. The summed E-state index contributed by atoms with van der Waals surface area (Å²) in [6.45, 7) is 12.7. The van der Waals surface area contributed by atoms with Gasteiger partial charge in [0.05, 0.1) is 0 Å². The third-order valence-electron chi connectivity index (χ3n) is 4.33. The van der Waals surface area contributed by atoms with E-state index in [4.69, 9.17) is 0 Å². The molecule has 2 heteroatoms. The summed E-state index contributed by atoms with van der Waals surface area (Å²) in [6, 6.07) is 9.18. The van der Waals surface area contributed by atoms with E-state index in [0.717, 1.165) is 37.9 Å². The van der Waals surface area contributed by atoms with Crippen LogP contribution in [0.5, 0.6) is 0 Å². The highest BCUT2D eigenvalue weighted by Gasteiger charge is 2.25. The van der Waals surface area contributed by atoms with E-state index >= 15 is 0 Å². The Morgan fingerprint density at radius 2 is 1.63 bits per heavy atom. The van der Waals surface area contributed by atoms with Gasteiger partial charge in [0.2, 0.25) is 0 Å². The first-order chi connectivity index (χ1) is 9.19. The number of rotatable bonds is 6. The average Bonchev–Trinajstić information content (AvgIpc) is 2.71. The lowest BCUT2D eigenvalue weighted by molar-refractivity contribution is 0.316. The van der Waals surface area contributed by atoms with Crippen LogP contribution in [0.4, 0.5) is 0 Å². The molecule has 0 spiro atoms. The molecular formula is C17H28N2. The number of hydrogen-bond donors (Lipinski definition) is 1. The quantitative estimate of drug-likeness (QED) is 0.791. The van der Waals surface area contributed by atoms with Gasteiger partial charge in [-0.15, -0.1) is 0 Å². The lowest BCUT2D eigenvalue weighted by Gasteiger charge is -2.15. The van der Waals surface area contributed by atoms with Crippen LogP contribution in [0.3, 0.4) is 0 Å². The Balaban J connectivity index is 1.82. The number of nitrogens with one attached hydrogen (secondary N) is 1. The minimum Gasteiger partial charge on any atom is -0.317 e. The smallest absolute Gasteiger partial charge is 0.0233 e. The van der Waals surface area contributed by atoms with Crippen molar-refractivity contribution in [3.63, 3.8) is 0 Å². The maximum atomic E-state index is 3.37. The first kappa shape index (κ1) is 14.5. The van der Waals surface area contributed by atoms with Crippen LogP contribution >= 0.6 is 0 Å². The molecule has 106 valence electrons. The van der Waals surface area contributed by atoms with E-state index in [1.165, 1.54) is 24.2 Å². The lowest BCUT2D eigenvalue weighted by atomic mass is 10.0. The van der Waals surface area contributed by atoms with E-state index < -0.39 is 0 Å². The molecular weight excluding hydrogens is 232 g/mol. The summed E-state index contributed by atoms with van der Waals surface area (Å²) in [5.41, 5.74) is 2.89. The predicted octanol–water partition coefficient (Wildman–Crippen LogP) is 2.93. The van der Waals surface area contributed by atoms with Crippen LogP contribution in [0.2, 0.25) is 0 Å². The SMILES string of the molecule is CCNCCc1ccc(CN2CC(C)C(C)C2)cc1. The molecule has 2 nitrogen and oxygen atoms in total. The summed E-state index contributed by atoms with van der Waals surface area (Å²) >= 11 is 0. The molecule has 0 radical (unpaired) electrons. The monoisotopic (exact) mass is 260 g/mol. The normalized spacial score (nSPS) is 23.9. The van der Waals surface area contributed by atoms with Gasteiger partial charge in [0.15, 0.2) is 0 Å². The van der Waals surface area contributed by atoms with Crippen molar-refractivity contribution in [3.05, 3.63) is 35.4 Å². The Morgan fingerprint density at radius 3 is 2.21 bits per heavy atom. The van der Waals surface area contributed by atoms with Crippen molar-refractivity contribution in [3.8, 4) is 0 Å². The Morgan fingerprint density at radius 1 is 1.05 bits per heavy atom. The molecule has 1 aliphatic heterocycles. The van der Waals surface area contributed by atoms with Crippen molar-refractivity contribution in [2.75, 3.05) is 26.2 Å². The van der Waals surface area contributed by atoms with E-state index in [0.29, 0.717) is 0 Å². The van der Waals surface area contributed by atoms with Gasteiger partial charge in [0.25, 0.3) is 0 Å². The largest absolute Gasteiger partial charge is 0.317 e.